The van der Waals surface area contributed by atoms with E-state index < -0.39 is 37.5 Å². The molecule has 3 rings (SSSR count). The van der Waals surface area contributed by atoms with E-state index in [4.69, 9.17) is 31.5 Å². The number of hydrogen-bond acceptors (Lipinski definition) is 9. The Labute approximate surface area is 253 Å². The molecule has 0 saturated heterocycles. The van der Waals surface area contributed by atoms with E-state index in [1.807, 2.05) is 36.4 Å². The number of nitrogens with one attached hydrogen (secondary N) is 2. The van der Waals surface area contributed by atoms with Gasteiger partial charge in [0.05, 0.1) is 50.0 Å². The molecule has 2 aromatic carbocycles. The minimum absolute atomic E-state index is 0.0163. The number of hydrogen-bond donors (Lipinski definition) is 5. The molecule has 1 aromatic heterocycles. The van der Waals surface area contributed by atoms with Crippen molar-refractivity contribution in [2.24, 2.45) is 0 Å². The van der Waals surface area contributed by atoms with Gasteiger partial charge in [-0.25, -0.2) is 4.98 Å². The molecule has 5 N–H and O–H groups in total. The Kier molecular flexibility index (Phi) is 12.7. The van der Waals surface area contributed by atoms with Crippen molar-refractivity contribution in [3.63, 3.8) is 0 Å². The number of carbonyl (C=O) groups is 4. The van der Waals surface area contributed by atoms with Gasteiger partial charge in [0.25, 0.3) is 0 Å². The van der Waals surface area contributed by atoms with E-state index in [0.29, 0.717) is 24.5 Å². The van der Waals surface area contributed by atoms with Crippen molar-refractivity contribution in [3.8, 4) is 5.75 Å². The second-order valence-electron chi connectivity index (χ2n) is 9.97. The van der Waals surface area contributed by atoms with E-state index in [0.717, 1.165) is 51.0 Å². The van der Waals surface area contributed by atoms with Crippen LogP contribution in [0.25, 0.3) is 21.8 Å². The zero-order valence-electron chi connectivity index (χ0n) is 23.8. The van der Waals surface area contributed by atoms with Crippen LogP contribution in [0.1, 0.15) is 19.3 Å². The van der Waals surface area contributed by atoms with Gasteiger partial charge in [0.15, 0.2) is 0 Å². The minimum Gasteiger partial charge on any atom is -0.497 e. The fourth-order valence-corrected chi connectivity index (χ4v) is 4.79. The molecular formula is C29H36ClN5O8. The molecule has 0 aliphatic carbocycles. The summed E-state index contributed by atoms with van der Waals surface area (Å²) in [6.07, 6.45) is 2.35. The highest BCUT2D eigenvalue weighted by atomic mass is 35.5. The number of pyridine rings is 1. The van der Waals surface area contributed by atoms with Crippen molar-refractivity contribution in [2.45, 2.75) is 19.3 Å². The van der Waals surface area contributed by atoms with Gasteiger partial charge in [-0.15, -0.1) is 0 Å². The molecular weight excluding hydrogens is 582 g/mol. The van der Waals surface area contributed by atoms with Crippen molar-refractivity contribution in [1.82, 2.24) is 20.1 Å². The molecule has 0 bridgehead atoms. The molecule has 13 nitrogen and oxygen atoms in total. The lowest BCUT2D eigenvalue weighted by Gasteiger charge is -2.24. The first-order valence-electron chi connectivity index (χ1n) is 13.7. The molecule has 0 aliphatic heterocycles. The van der Waals surface area contributed by atoms with Crippen LogP contribution < -0.4 is 15.4 Å². The smallest absolute Gasteiger partial charge is 0.317 e. The molecule has 0 saturated carbocycles. The topological polar surface area (TPSA) is 182 Å². The summed E-state index contributed by atoms with van der Waals surface area (Å²) >= 11 is 6.20. The van der Waals surface area contributed by atoms with Crippen LogP contribution in [-0.2, 0) is 19.2 Å². The predicted octanol–water partition coefficient (Wildman–Crippen LogP) is 2.61. The van der Waals surface area contributed by atoms with Crippen LogP contribution in [-0.4, -0.2) is 113 Å². The lowest BCUT2D eigenvalue weighted by Crippen LogP contribution is -2.45. The van der Waals surface area contributed by atoms with Crippen molar-refractivity contribution in [1.29, 1.82) is 0 Å². The number of halogens is 1. The first kappa shape index (κ1) is 33.3. The van der Waals surface area contributed by atoms with Crippen molar-refractivity contribution >= 4 is 62.9 Å². The maximum atomic E-state index is 12.4. The Morgan fingerprint density at radius 1 is 0.791 bits per heavy atom. The maximum Gasteiger partial charge on any atom is 0.317 e. The first-order chi connectivity index (χ1) is 20.5. The van der Waals surface area contributed by atoms with Crippen LogP contribution >= 0.6 is 11.6 Å². The SMILES string of the molecule is COc1ccc2nc3cc(Cl)ccc3c(NCCCCCNC(=O)CN(CCN(CC(=O)O)CC(=O)O)CC(=O)O)c2c1. The highest BCUT2D eigenvalue weighted by Crippen LogP contribution is 2.34. The number of aromatic nitrogens is 1. The van der Waals surface area contributed by atoms with Crippen molar-refractivity contribution in [2.75, 3.05) is 64.8 Å². The van der Waals surface area contributed by atoms with Gasteiger partial charge < -0.3 is 30.7 Å². The normalized spacial score (nSPS) is 11.3. The summed E-state index contributed by atoms with van der Waals surface area (Å²) in [6.45, 7) is -0.593. The highest BCUT2D eigenvalue weighted by Gasteiger charge is 2.18. The number of methoxy groups -OCH3 is 1. The summed E-state index contributed by atoms with van der Waals surface area (Å²) in [5.74, 6) is -3.20. The quantitative estimate of drug-likeness (QED) is 0.0981. The van der Waals surface area contributed by atoms with Gasteiger partial charge in [-0.1, -0.05) is 11.6 Å². The van der Waals surface area contributed by atoms with Gasteiger partial charge in [0.2, 0.25) is 5.91 Å². The summed E-state index contributed by atoms with van der Waals surface area (Å²) in [4.78, 5) is 52.9. The average molecular weight is 618 g/mol. The van der Waals surface area contributed by atoms with Crippen LogP contribution in [0, 0.1) is 0 Å². The number of benzene rings is 2. The van der Waals surface area contributed by atoms with Gasteiger partial charge in [-0.2, -0.15) is 0 Å². The summed E-state index contributed by atoms with van der Waals surface area (Å²) in [5.41, 5.74) is 2.53. The van der Waals surface area contributed by atoms with Crippen LogP contribution in [0.2, 0.25) is 5.02 Å². The number of carboxylic acids is 3. The third-order valence-corrected chi connectivity index (χ3v) is 6.83. The zero-order valence-corrected chi connectivity index (χ0v) is 24.6. The number of anilines is 1. The fourth-order valence-electron chi connectivity index (χ4n) is 4.63. The summed E-state index contributed by atoms with van der Waals surface area (Å²) in [5, 5.41) is 35.9. The standard InChI is InChI=1S/C29H36ClN5O8/c1-43-20-6-8-23-22(14-20)29(21-7-5-19(30)13-24(21)33-23)32-10-4-2-3-9-31-25(36)15-34(16-26(37)38)11-12-35(17-27(39)40)18-28(41)42/h5-8,13-14H,2-4,9-12,15-18H2,1H3,(H,31,36)(H,32,33)(H,37,38)(H,39,40)(H,41,42). The summed E-state index contributed by atoms with van der Waals surface area (Å²) < 4.78 is 5.40. The Hall–Kier alpha value is -4.20. The molecule has 1 heterocycles. The van der Waals surface area contributed by atoms with Gasteiger partial charge in [0, 0.05) is 42.0 Å². The van der Waals surface area contributed by atoms with Crippen molar-refractivity contribution < 1.29 is 39.2 Å². The lowest BCUT2D eigenvalue weighted by molar-refractivity contribution is -0.143. The molecule has 0 atom stereocenters. The van der Waals surface area contributed by atoms with E-state index in [1.165, 1.54) is 4.90 Å². The molecule has 0 spiro atoms. The number of rotatable bonds is 19. The minimum atomic E-state index is -1.20. The van der Waals surface area contributed by atoms with Crippen LogP contribution in [0.5, 0.6) is 5.75 Å². The fraction of sp³-hybridized carbons (Fsp3) is 0.414. The van der Waals surface area contributed by atoms with Gasteiger partial charge >= 0.3 is 17.9 Å². The van der Waals surface area contributed by atoms with Crippen LogP contribution in [0.3, 0.4) is 0 Å². The van der Waals surface area contributed by atoms with E-state index in [-0.39, 0.29) is 25.5 Å². The number of carboxylic acid groups (broad SMARTS) is 3. The Bertz CT molecular complexity index is 1440. The molecule has 43 heavy (non-hydrogen) atoms. The molecule has 1 amide bonds. The second-order valence-corrected chi connectivity index (χ2v) is 10.4. The molecule has 14 heteroatoms. The second kappa shape index (κ2) is 16.4. The zero-order chi connectivity index (χ0) is 31.4. The lowest BCUT2D eigenvalue weighted by atomic mass is 10.1. The van der Waals surface area contributed by atoms with Crippen LogP contribution in [0.4, 0.5) is 5.69 Å². The van der Waals surface area contributed by atoms with Crippen LogP contribution in [0.15, 0.2) is 36.4 Å². The number of fused-ring (bicyclic) bond motifs is 2. The highest BCUT2D eigenvalue weighted by molar-refractivity contribution is 6.31. The van der Waals surface area contributed by atoms with E-state index in [2.05, 4.69) is 10.6 Å². The Morgan fingerprint density at radius 2 is 1.42 bits per heavy atom. The number of amides is 1. The number of nitrogens with zero attached hydrogens (tertiary/aromatic N) is 3. The molecule has 3 aromatic rings. The molecule has 0 fully saturated rings. The van der Waals surface area contributed by atoms with Crippen molar-refractivity contribution in [3.05, 3.63) is 41.4 Å². The third kappa shape index (κ3) is 10.9. The first-order valence-corrected chi connectivity index (χ1v) is 14.1. The maximum absolute atomic E-state index is 12.4. The number of aliphatic carboxylic acids is 3. The van der Waals surface area contributed by atoms with E-state index in [1.54, 1.807) is 7.11 Å². The summed E-state index contributed by atoms with van der Waals surface area (Å²) in [7, 11) is 1.61. The molecule has 0 radical (unpaired) electrons. The third-order valence-electron chi connectivity index (χ3n) is 6.60. The Morgan fingerprint density at radius 3 is 2.05 bits per heavy atom. The monoisotopic (exact) mass is 617 g/mol. The number of ether oxygens (including phenoxy) is 1. The molecule has 0 unspecified atom stereocenters. The van der Waals surface area contributed by atoms with Gasteiger partial charge in [0.1, 0.15) is 5.75 Å². The number of unbranched alkanes of at least 4 members (excludes halogenated alkanes) is 2. The summed E-state index contributed by atoms with van der Waals surface area (Å²) in [6, 6.07) is 11.3. The largest absolute Gasteiger partial charge is 0.497 e. The molecule has 0 aliphatic rings. The van der Waals surface area contributed by atoms with E-state index in [9.17, 15) is 24.3 Å². The predicted molar refractivity (Wildman–Crippen MR) is 162 cm³/mol. The molecule has 232 valence electrons. The Balaban J connectivity index is 1.47. The van der Waals surface area contributed by atoms with E-state index >= 15 is 0 Å². The van der Waals surface area contributed by atoms with Gasteiger partial charge in [-0.05, 0) is 55.7 Å². The van der Waals surface area contributed by atoms with Gasteiger partial charge in [-0.3, -0.25) is 29.0 Å². The number of carbonyl (C=O) groups excluding carboxylic acids is 1. The average Bonchev–Trinajstić information content (AvgIpc) is 2.93.